The van der Waals surface area contributed by atoms with Crippen molar-refractivity contribution in [1.82, 2.24) is 9.66 Å². The number of thiophene rings is 1. The molecule has 3 nitrogen and oxygen atoms in total. The molecular formula is C9H11N3S. The molecule has 13 heavy (non-hydrogen) atoms. The normalized spacial score (nSPS) is 10.5. The van der Waals surface area contributed by atoms with Gasteiger partial charge in [-0.3, -0.25) is 4.68 Å². The lowest BCUT2D eigenvalue weighted by Crippen LogP contribution is -2.08. The molecule has 0 saturated carbocycles. The monoisotopic (exact) mass is 193 g/mol. The molecule has 0 atom stereocenters. The number of nitrogens with two attached hydrogens (primary N) is 1. The standard InChI is InChI=1S/C9H11N3S/c1-2-8-7(3-6-13-8)9-11-4-5-12(9)10/h3-6H,2,10H2,1H3. The maximum Gasteiger partial charge on any atom is 0.159 e. The van der Waals surface area contributed by atoms with Crippen molar-refractivity contribution < 1.29 is 0 Å². The Kier molecular flexibility index (Phi) is 2.06. The Labute approximate surface area is 80.8 Å². The van der Waals surface area contributed by atoms with Crippen molar-refractivity contribution in [3.05, 3.63) is 28.7 Å². The van der Waals surface area contributed by atoms with Gasteiger partial charge in [-0.1, -0.05) is 6.92 Å². The van der Waals surface area contributed by atoms with Gasteiger partial charge in [0.1, 0.15) is 0 Å². The van der Waals surface area contributed by atoms with Crippen LogP contribution in [0.3, 0.4) is 0 Å². The van der Waals surface area contributed by atoms with Gasteiger partial charge in [-0.2, -0.15) is 0 Å². The second-order valence-corrected chi connectivity index (χ2v) is 3.77. The number of rotatable bonds is 2. The van der Waals surface area contributed by atoms with E-state index in [4.69, 9.17) is 5.84 Å². The zero-order valence-corrected chi connectivity index (χ0v) is 8.21. The third-order valence-corrected chi connectivity index (χ3v) is 3.04. The highest BCUT2D eigenvalue weighted by Gasteiger charge is 2.08. The fourth-order valence-electron chi connectivity index (χ4n) is 1.34. The molecule has 0 spiro atoms. The average Bonchev–Trinajstić information content (AvgIpc) is 2.71. The summed E-state index contributed by atoms with van der Waals surface area (Å²) >= 11 is 1.75. The maximum absolute atomic E-state index is 5.71. The minimum Gasteiger partial charge on any atom is -0.338 e. The number of aryl methyl sites for hydroxylation is 1. The van der Waals surface area contributed by atoms with E-state index in [9.17, 15) is 0 Å². The van der Waals surface area contributed by atoms with Gasteiger partial charge in [-0.05, 0) is 17.9 Å². The van der Waals surface area contributed by atoms with Crippen molar-refractivity contribution in [2.24, 2.45) is 0 Å². The molecule has 0 amide bonds. The predicted octanol–water partition coefficient (Wildman–Crippen LogP) is 1.89. The maximum atomic E-state index is 5.71. The Bertz CT molecular complexity index is 402. The summed E-state index contributed by atoms with van der Waals surface area (Å²) in [5.74, 6) is 6.56. The van der Waals surface area contributed by atoms with Gasteiger partial charge in [0.05, 0.1) is 0 Å². The lowest BCUT2D eigenvalue weighted by molar-refractivity contribution is 1.01. The second-order valence-electron chi connectivity index (χ2n) is 2.77. The van der Waals surface area contributed by atoms with Gasteiger partial charge >= 0.3 is 0 Å². The third-order valence-electron chi connectivity index (χ3n) is 1.98. The first-order valence-electron chi connectivity index (χ1n) is 4.18. The van der Waals surface area contributed by atoms with Gasteiger partial charge in [0.25, 0.3) is 0 Å². The van der Waals surface area contributed by atoms with Crippen LogP contribution in [0.2, 0.25) is 0 Å². The Morgan fingerprint density at radius 3 is 3.08 bits per heavy atom. The molecular weight excluding hydrogens is 182 g/mol. The molecule has 2 aromatic heterocycles. The molecule has 0 aromatic carbocycles. The van der Waals surface area contributed by atoms with Crippen LogP contribution in [0.5, 0.6) is 0 Å². The van der Waals surface area contributed by atoms with Crippen LogP contribution in [0.15, 0.2) is 23.8 Å². The zero-order chi connectivity index (χ0) is 9.26. The molecule has 2 heterocycles. The molecule has 0 bridgehead atoms. The smallest absolute Gasteiger partial charge is 0.159 e. The second kappa shape index (κ2) is 3.22. The molecule has 2 rings (SSSR count). The number of hydrogen-bond donors (Lipinski definition) is 1. The number of hydrogen-bond acceptors (Lipinski definition) is 3. The van der Waals surface area contributed by atoms with Crippen LogP contribution in [0, 0.1) is 0 Å². The van der Waals surface area contributed by atoms with E-state index in [0.717, 1.165) is 17.8 Å². The van der Waals surface area contributed by atoms with Crippen molar-refractivity contribution in [2.75, 3.05) is 5.84 Å². The van der Waals surface area contributed by atoms with Gasteiger partial charge in [0.2, 0.25) is 0 Å². The largest absolute Gasteiger partial charge is 0.338 e. The van der Waals surface area contributed by atoms with E-state index in [1.165, 1.54) is 4.88 Å². The van der Waals surface area contributed by atoms with Crippen LogP contribution in [0.25, 0.3) is 11.4 Å². The molecule has 0 saturated heterocycles. The van der Waals surface area contributed by atoms with Gasteiger partial charge in [-0.15, -0.1) is 11.3 Å². The number of nitrogen functional groups attached to an aromatic ring is 1. The van der Waals surface area contributed by atoms with Crippen molar-refractivity contribution in [3.8, 4) is 11.4 Å². The molecule has 0 aliphatic rings. The molecule has 0 fully saturated rings. The van der Waals surface area contributed by atoms with Crippen LogP contribution in [-0.4, -0.2) is 9.66 Å². The molecule has 0 aliphatic carbocycles. The van der Waals surface area contributed by atoms with E-state index in [0.29, 0.717) is 0 Å². The Hall–Kier alpha value is -1.29. The first-order valence-corrected chi connectivity index (χ1v) is 5.06. The van der Waals surface area contributed by atoms with Crippen LogP contribution in [0.1, 0.15) is 11.8 Å². The van der Waals surface area contributed by atoms with Gasteiger partial charge in [0.15, 0.2) is 5.82 Å². The van der Waals surface area contributed by atoms with Crippen molar-refractivity contribution in [2.45, 2.75) is 13.3 Å². The van der Waals surface area contributed by atoms with Gasteiger partial charge < -0.3 is 5.84 Å². The third kappa shape index (κ3) is 1.33. The highest BCUT2D eigenvalue weighted by Crippen LogP contribution is 2.26. The summed E-state index contributed by atoms with van der Waals surface area (Å²) in [6.07, 6.45) is 4.50. The summed E-state index contributed by atoms with van der Waals surface area (Å²) < 4.78 is 1.56. The highest BCUT2D eigenvalue weighted by atomic mass is 32.1. The molecule has 2 aromatic rings. The van der Waals surface area contributed by atoms with Crippen molar-refractivity contribution in [3.63, 3.8) is 0 Å². The van der Waals surface area contributed by atoms with Crippen LogP contribution < -0.4 is 5.84 Å². The van der Waals surface area contributed by atoms with Crippen molar-refractivity contribution >= 4 is 11.3 Å². The lowest BCUT2D eigenvalue weighted by Gasteiger charge is -2.00. The quantitative estimate of drug-likeness (QED) is 0.740. The summed E-state index contributed by atoms with van der Waals surface area (Å²) in [5.41, 5.74) is 1.15. The van der Waals surface area contributed by atoms with E-state index >= 15 is 0 Å². The molecule has 0 unspecified atom stereocenters. The van der Waals surface area contributed by atoms with E-state index in [1.54, 1.807) is 28.4 Å². The summed E-state index contributed by atoms with van der Waals surface area (Å²) in [6.45, 7) is 2.14. The van der Waals surface area contributed by atoms with Crippen LogP contribution in [-0.2, 0) is 6.42 Å². The zero-order valence-electron chi connectivity index (χ0n) is 7.40. The Morgan fingerprint density at radius 2 is 2.46 bits per heavy atom. The number of aromatic nitrogens is 2. The minimum atomic E-state index is 0.845. The lowest BCUT2D eigenvalue weighted by atomic mass is 10.2. The first kappa shape index (κ1) is 8.31. The molecule has 0 radical (unpaired) electrons. The summed E-state index contributed by atoms with van der Waals surface area (Å²) in [7, 11) is 0. The fraction of sp³-hybridized carbons (Fsp3) is 0.222. The minimum absolute atomic E-state index is 0.845. The van der Waals surface area contributed by atoms with E-state index in [2.05, 4.69) is 23.4 Å². The van der Waals surface area contributed by atoms with E-state index in [1.807, 2.05) is 0 Å². The van der Waals surface area contributed by atoms with E-state index in [-0.39, 0.29) is 0 Å². The van der Waals surface area contributed by atoms with Crippen LogP contribution in [0.4, 0.5) is 0 Å². The first-order chi connectivity index (χ1) is 6.33. The number of nitrogens with zero attached hydrogens (tertiary/aromatic N) is 2. The SMILES string of the molecule is CCc1sccc1-c1nccn1N. The summed E-state index contributed by atoms with van der Waals surface area (Å²) in [4.78, 5) is 5.54. The molecule has 0 aliphatic heterocycles. The molecule has 2 N–H and O–H groups in total. The number of imidazole rings is 1. The topological polar surface area (TPSA) is 43.8 Å². The van der Waals surface area contributed by atoms with E-state index < -0.39 is 0 Å². The fourth-order valence-corrected chi connectivity index (χ4v) is 2.16. The highest BCUT2D eigenvalue weighted by molar-refractivity contribution is 7.10. The Balaban J connectivity index is 2.52. The molecule has 4 heteroatoms. The van der Waals surface area contributed by atoms with Crippen LogP contribution >= 0.6 is 11.3 Å². The van der Waals surface area contributed by atoms with Crippen molar-refractivity contribution in [1.29, 1.82) is 0 Å². The molecule has 68 valence electrons. The average molecular weight is 193 g/mol. The van der Waals surface area contributed by atoms with Gasteiger partial charge in [0, 0.05) is 22.8 Å². The summed E-state index contributed by atoms with van der Waals surface area (Å²) in [5, 5.41) is 2.07. The predicted molar refractivity (Wildman–Crippen MR) is 55.1 cm³/mol. The summed E-state index contributed by atoms with van der Waals surface area (Å²) in [6, 6.07) is 2.06. The Morgan fingerprint density at radius 1 is 1.62 bits per heavy atom. The van der Waals surface area contributed by atoms with Gasteiger partial charge in [-0.25, -0.2) is 4.98 Å².